The Hall–Kier alpha value is -3.81. The summed E-state index contributed by atoms with van der Waals surface area (Å²) in [6.07, 6.45) is 0.528. The Morgan fingerprint density at radius 3 is 2.72 bits per heavy atom. The van der Waals surface area contributed by atoms with Gasteiger partial charge in [0, 0.05) is 35.5 Å². The number of nitriles is 1. The summed E-state index contributed by atoms with van der Waals surface area (Å²) in [5, 5.41) is 35.1. The van der Waals surface area contributed by atoms with Crippen LogP contribution in [0.5, 0.6) is 11.5 Å². The number of carbonyl (C=O) groups excluding carboxylic acids is 1. The molecule has 1 saturated heterocycles. The van der Waals surface area contributed by atoms with Crippen LogP contribution in [-0.4, -0.2) is 60.5 Å². The van der Waals surface area contributed by atoms with E-state index in [9.17, 15) is 33.8 Å². The van der Waals surface area contributed by atoms with E-state index in [0.717, 1.165) is 10.8 Å². The summed E-state index contributed by atoms with van der Waals surface area (Å²) in [6, 6.07) is 16.1. The van der Waals surface area contributed by atoms with E-state index in [1.165, 1.54) is 24.4 Å². The number of ether oxygens (including phenoxy) is 2. The van der Waals surface area contributed by atoms with E-state index in [0.29, 0.717) is 45.8 Å². The lowest BCUT2D eigenvalue weighted by Gasteiger charge is -2.31. The van der Waals surface area contributed by atoms with Crippen LogP contribution in [0, 0.1) is 17.1 Å². The molecule has 1 aliphatic heterocycles. The van der Waals surface area contributed by atoms with E-state index in [1.807, 2.05) is 0 Å². The molecular weight excluding hydrogens is 659 g/mol. The number of anilines is 3. The zero-order valence-corrected chi connectivity index (χ0v) is 26.5. The highest BCUT2D eigenvalue weighted by atomic mass is 35.5. The molecule has 1 aromatic heterocycles. The van der Waals surface area contributed by atoms with Gasteiger partial charge in [-0.1, -0.05) is 23.7 Å². The summed E-state index contributed by atoms with van der Waals surface area (Å²) < 4.78 is 45.5. The molecule has 0 spiro atoms. The van der Waals surface area contributed by atoms with Crippen molar-refractivity contribution >= 4 is 65.9 Å². The fraction of sp³-hybridized carbons (Fsp3) is 0.258. The number of pyridine rings is 1. The first-order valence-electron chi connectivity index (χ1n) is 14.0. The van der Waals surface area contributed by atoms with Crippen LogP contribution in [0.1, 0.15) is 24.0 Å². The molecule has 1 aliphatic rings. The number of hydrogen-bond donors (Lipinski definition) is 6. The molecule has 46 heavy (non-hydrogen) atoms. The number of amides is 1. The zero-order chi connectivity index (χ0) is 32.8. The molecule has 0 bridgehead atoms. The van der Waals surface area contributed by atoms with Crippen LogP contribution < -0.4 is 20.1 Å². The Balaban J connectivity index is 1.44. The van der Waals surface area contributed by atoms with Gasteiger partial charge in [0.2, 0.25) is 5.91 Å². The average Bonchev–Trinajstić information content (AvgIpc) is 3.36. The van der Waals surface area contributed by atoms with Gasteiger partial charge in [-0.2, -0.15) is 5.26 Å². The fourth-order valence-electron chi connectivity index (χ4n) is 4.69. The number of hydrogen-bond acceptors (Lipinski definition) is 11. The van der Waals surface area contributed by atoms with Crippen molar-refractivity contribution in [3.63, 3.8) is 0 Å². The minimum absolute atomic E-state index is 0.102. The van der Waals surface area contributed by atoms with Gasteiger partial charge in [0.05, 0.1) is 39.3 Å². The van der Waals surface area contributed by atoms with Crippen molar-refractivity contribution in [3.8, 4) is 17.6 Å². The molecule has 4 aromatic rings. The summed E-state index contributed by atoms with van der Waals surface area (Å²) in [7, 11) is -1.90. The summed E-state index contributed by atoms with van der Waals surface area (Å²) in [6.45, 7) is -0.718. The highest BCUT2D eigenvalue weighted by Crippen LogP contribution is 2.63. The molecule has 2 heterocycles. The first-order chi connectivity index (χ1) is 22.1. The van der Waals surface area contributed by atoms with Gasteiger partial charge < -0.3 is 30.3 Å². The lowest BCUT2D eigenvalue weighted by Crippen LogP contribution is -2.23. The molecule has 0 saturated carbocycles. The van der Waals surface area contributed by atoms with E-state index in [-0.39, 0.29) is 47.5 Å². The van der Waals surface area contributed by atoms with Crippen LogP contribution >= 0.6 is 32.0 Å². The maximum absolute atomic E-state index is 13.5. The molecule has 242 valence electrons. The standard InChI is InChI=1S/C31H30ClFN4O7S2/c32-25-9-21(4-5-28(25)43-16-18-2-1-3-20(33)8-18)36-31-19(13-34)14-35-26-12-29(44-17-22(39)15-38)27(11-24(26)31)37-30(40)10-23-6-7-45-46(23,41)42/h1-5,8-9,11-12,14,22-23,38-39,41-42H,6-7,10,15-17H2,(H,35,36)(H,37,40). The topological polar surface area (TPSA) is 177 Å². The lowest BCUT2D eigenvalue weighted by molar-refractivity contribution is -0.116. The highest BCUT2D eigenvalue weighted by Gasteiger charge is 2.34. The SMILES string of the molecule is N#Cc1cnc2cc(OCC(O)CO)c(NC(=O)CC3CCSS3(O)O)cc2c1Nc1ccc(OCc2cccc(F)c2)c(Cl)c1. The molecule has 15 heteroatoms. The van der Waals surface area contributed by atoms with Gasteiger partial charge in [0.15, 0.2) is 0 Å². The lowest BCUT2D eigenvalue weighted by atomic mass is 10.1. The quantitative estimate of drug-likeness (QED) is 0.0901. The normalized spacial score (nSPS) is 16.8. The largest absolute Gasteiger partial charge is 0.489 e. The molecular formula is C31H30ClFN4O7S2. The molecule has 2 unspecified atom stereocenters. The van der Waals surface area contributed by atoms with Crippen molar-refractivity contribution < 1.29 is 38.0 Å². The van der Waals surface area contributed by atoms with Gasteiger partial charge in [-0.3, -0.25) is 18.9 Å². The van der Waals surface area contributed by atoms with Gasteiger partial charge in [0.25, 0.3) is 0 Å². The monoisotopic (exact) mass is 688 g/mol. The Morgan fingerprint density at radius 2 is 2.02 bits per heavy atom. The summed E-state index contributed by atoms with van der Waals surface area (Å²) in [5.74, 6) is 0.183. The number of aliphatic hydroxyl groups excluding tert-OH is 2. The second-order valence-electron chi connectivity index (χ2n) is 10.4. The average molecular weight is 689 g/mol. The minimum Gasteiger partial charge on any atom is -0.489 e. The number of fused-ring (bicyclic) bond motifs is 1. The van der Waals surface area contributed by atoms with E-state index < -0.39 is 33.5 Å². The van der Waals surface area contributed by atoms with Crippen molar-refractivity contribution in [2.75, 3.05) is 29.6 Å². The molecule has 1 amide bonds. The number of carbonyl (C=O) groups is 1. The van der Waals surface area contributed by atoms with Crippen LogP contribution in [0.15, 0.2) is 60.8 Å². The summed E-state index contributed by atoms with van der Waals surface area (Å²) >= 11 is 6.50. The summed E-state index contributed by atoms with van der Waals surface area (Å²) in [4.78, 5) is 17.4. The van der Waals surface area contributed by atoms with Crippen LogP contribution in [0.2, 0.25) is 5.02 Å². The third-order valence-electron chi connectivity index (χ3n) is 7.03. The number of aliphatic hydroxyl groups is 2. The van der Waals surface area contributed by atoms with Crippen LogP contribution in [0.4, 0.5) is 21.5 Å². The molecule has 5 rings (SSSR count). The van der Waals surface area contributed by atoms with E-state index in [4.69, 9.17) is 21.1 Å². The van der Waals surface area contributed by atoms with Gasteiger partial charge >= 0.3 is 0 Å². The van der Waals surface area contributed by atoms with Gasteiger partial charge in [0.1, 0.15) is 42.7 Å². The van der Waals surface area contributed by atoms with Crippen LogP contribution in [0.3, 0.4) is 0 Å². The molecule has 3 aromatic carbocycles. The van der Waals surface area contributed by atoms with E-state index in [1.54, 1.807) is 36.4 Å². The first-order valence-corrected chi connectivity index (χ1v) is 17.5. The second kappa shape index (κ2) is 14.7. The molecule has 0 radical (unpaired) electrons. The van der Waals surface area contributed by atoms with Gasteiger partial charge in [-0.25, -0.2) is 4.39 Å². The van der Waals surface area contributed by atoms with E-state index in [2.05, 4.69) is 21.7 Å². The zero-order valence-electron chi connectivity index (χ0n) is 24.2. The molecule has 11 nitrogen and oxygen atoms in total. The number of nitrogens with zero attached hydrogens (tertiary/aromatic N) is 2. The first kappa shape index (κ1) is 33.6. The van der Waals surface area contributed by atoms with E-state index >= 15 is 0 Å². The number of benzene rings is 3. The Labute approximate surface area is 274 Å². The number of aromatic nitrogens is 1. The van der Waals surface area contributed by atoms with Crippen LogP contribution in [0.25, 0.3) is 10.9 Å². The molecule has 1 fully saturated rings. The highest BCUT2D eigenvalue weighted by molar-refractivity contribution is 8.90. The predicted octanol–water partition coefficient (Wildman–Crippen LogP) is 6.45. The summed E-state index contributed by atoms with van der Waals surface area (Å²) in [5.41, 5.74) is 2.25. The fourth-order valence-corrected chi connectivity index (χ4v) is 8.78. The van der Waals surface area contributed by atoms with Crippen molar-refractivity contribution in [1.29, 1.82) is 5.26 Å². The number of nitrogens with one attached hydrogen (secondary N) is 2. The maximum atomic E-state index is 13.5. The van der Waals surface area contributed by atoms with Crippen molar-refractivity contribution in [3.05, 3.63) is 82.8 Å². The Morgan fingerprint density at radius 1 is 1.20 bits per heavy atom. The van der Waals surface area contributed by atoms with Gasteiger partial charge in [-0.05, 0) is 59.2 Å². The Kier molecular flexibility index (Phi) is 10.7. The Bertz CT molecular complexity index is 1790. The number of rotatable bonds is 12. The van der Waals surface area contributed by atoms with Crippen molar-refractivity contribution in [2.45, 2.75) is 30.8 Å². The maximum Gasteiger partial charge on any atom is 0.226 e. The molecule has 6 N–H and O–H groups in total. The third kappa shape index (κ3) is 8.12. The van der Waals surface area contributed by atoms with Gasteiger partial charge in [-0.15, -0.1) is 9.62 Å². The minimum atomic E-state index is -2.95. The van der Waals surface area contributed by atoms with Crippen molar-refractivity contribution in [2.24, 2.45) is 0 Å². The third-order valence-corrected chi connectivity index (χ3v) is 11.7. The smallest absolute Gasteiger partial charge is 0.226 e. The van der Waals surface area contributed by atoms with Crippen LogP contribution in [-0.2, 0) is 11.4 Å². The predicted molar refractivity (Wildman–Crippen MR) is 177 cm³/mol. The molecule has 2 atom stereocenters. The van der Waals surface area contributed by atoms with Crippen molar-refractivity contribution in [1.82, 2.24) is 4.98 Å². The second-order valence-corrected chi connectivity index (χ2v) is 15.4. The number of halogens is 2. The molecule has 0 aliphatic carbocycles.